The van der Waals surface area contributed by atoms with Crippen molar-refractivity contribution in [2.45, 2.75) is 44.1 Å². The van der Waals surface area contributed by atoms with Crippen molar-refractivity contribution in [3.8, 4) is 0 Å². The van der Waals surface area contributed by atoms with Gasteiger partial charge in [-0.1, -0.05) is 24.1 Å². The Labute approximate surface area is 112 Å². The molecule has 0 bridgehead atoms. The van der Waals surface area contributed by atoms with Gasteiger partial charge in [-0.25, -0.2) is 0 Å². The lowest BCUT2D eigenvalue weighted by molar-refractivity contribution is 0.327. The van der Waals surface area contributed by atoms with Crippen LogP contribution in [0.1, 0.15) is 43.1 Å². The van der Waals surface area contributed by atoms with Crippen LogP contribution >= 0.6 is 0 Å². The maximum atomic E-state index is 6.31. The van der Waals surface area contributed by atoms with Gasteiger partial charge >= 0.3 is 0 Å². The molecule has 0 unspecified atom stereocenters. The summed E-state index contributed by atoms with van der Waals surface area (Å²) in [4.78, 5) is 8.67. The standard InChI is InChI=1S/C14H18N4O/c15-14(6-2-3-7-14)10-13-17-12(18-19-13)9-11-5-1-4-8-16-11/h1,4-5,8H,2-3,6-7,9-10,15H2. The molecule has 1 aliphatic rings. The molecule has 1 aliphatic carbocycles. The molecular formula is C14H18N4O. The van der Waals surface area contributed by atoms with Gasteiger partial charge in [-0.3, -0.25) is 4.98 Å². The quantitative estimate of drug-likeness (QED) is 0.905. The molecular weight excluding hydrogens is 240 g/mol. The Balaban J connectivity index is 1.66. The zero-order valence-corrected chi connectivity index (χ0v) is 10.9. The summed E-state index contributed by atoms with van der Waals surface area (Å²) in [6.07, 6.45) is 7.54. The van der Waals surface area contributed by atoms with Crippen molar-refractivity contribution < 1.29 is 4.52 Å². The Morgan fingerprint density at radius 2 is 2.11 bits per heavy atom. The van der Waals surface area contributed by atoms with Gasteiger partial charge < -0.3 is 10.3 Å². The van der Waals surface area contributed by atoms with Crippen LogP contribution in [0, 0.1) is 0 Å². The fourth-order valence-corrected chi connectivity index (χ4v) is 2.66. The van der Waals surface area contributed by atoms with E-state index in [1.165, 1.54) is 12.8 Å². The highest BCUT2D eigenvalue weighted by molar-refractivity contribution is 5.09. The molecule has 2 heterocycles. The fourth-order valence-electron chi connectivity index (χ4n) is 2.66. The van der Waals surface area contributed by atoms with Gasteiger partial charge in [0.1, 0.15) is 0 Å². The number of nitrogens with zero attached hydrogens (tertiary/aromatic N) is 3. The molecule has 0 radical (unpaired) electrons. The number of aromatic nitrogens is 3. The van der Waals surface area contributed by atoms with Crippen LogP contribution in [0.15, 0.2) is 28.9 Å². The van der Waals surface area contributed by atoms with Crippen LogP contribution in [-0.2, 0) is 12.8 Å². The minimum absolute atomic E-state index is 0.144. The number of hydrogen-bond acceptors (Lipinski definition) is 5. The van der Waals surface area contributed by atoms with Crippen molar-refractivity contribution in [1.82, 2.24) is 15.1 Å². The van der Waals surface area contributed by atoms with Crippen LogP contribution in [0.4, 0.5) is 0 Å². The highest BCUT2D eigenvalue weighted by atomic mass is 16.5. The molecule has 5 heteroatoms. The zero-order valence-electron chi connectivity index (χ0n) is 10.9. The van der Waals surface area contributed by atoms with Crippen molar-refractivity contribution in [2.24, 2.45) is 5.73 Å². The van der Waals surface area contributed by atoms with Gasteiger partial charge in [-0.15, -0.1) is 0 Å². The van der Waals surface area contributed by atoms with E-state index in [-0.39, 0.29) is 5.54 Å². The highest BCUT2D eigenvalue weighted by Gasteiger charge is 2.31. The van der Waals surface area contributed by atoms with Gasteiger partial charge in [-0.2, -0.15) is 4.98 Å². The molecule has 0 spiro atoms. The molecule has 0 amide bonds. The summed E-state index contributed by atoms with van der Waals surface area (Å²) in [7, 11) is 0. The molecule has 3 rings (SSSR count). The van der Waals surface area contributed by atoms with E-state index in [1.807, 2.05) is 18.2 Å². The van der Waals surface area contributed by atoms with E-state index in [2.05, 4.69) is 15.1 Å². The second-order valence-corrected chi connectivity index (χ2v) is 5.35. The monoisotopic (exact) mass is 258 g/mol. The first kappa shape index (κ1) is 12.3. The molecule has 1 saturated carbocycles. The molecule has 1 fully saturated rings. The van der Waals surface area contributed by atoms with Gasteiger partial charge in [-0.05, 0) is 25.0 Å². The van der Waals surface area contributed by atoms with Gasteiger partial charge in [0, 0.05) is 23.9 Å². The van der Waals surface area contributed by atoms with Gasteiger partial charge in [0.2, 0.25) is 5.89 Å². The molecule has 2 aromatic rings. The average molecular weight is 258 g/mol. The van der Waals surface area contributed by atoms with Gasteiger partial charge in [0.05, 0.1) is 6.42 Å². The third-order valence-electron chi connectivity index (χ3n) is 3.68. The first-order valence-corrected chi connectivity index (χ1v) is 6.74. The summed E-state index contributed by atoms with van der Waals surface area (Å²) in [5.74, 6) is 1.32. The van der Waals surface area contributed by atoms with Crippen LogP contribution in [0.2, 0.25) is 0 Å². The van der Waals surface area contributed by atoms with E-state index in [9.17, 15) is 0 Å². The van der Waals surface area contributed by atoms with Gasteiger partial charge in [0.15, 0.2) is 5.82 Å². The molecule has 0 saturated heterocycles. The molecule has 2 aromatic heterocycles. The van der Waals surface area contributed by atoms with E-state index in [0.717, 1.165) is 18.5 Å². The fraction of sp³-hybridized carbons (Fsp3) is 0.500. The summed E-state index contributed by atoms with van der Waals surface area (Å²) in [6.45, 7) is 0. The van der Waals surface area contributed by atoms with Crippen LogP contribution in [-0.4, -0.2) is 20.7 Å². The maximum absolute atomic E-state index is 6.31. The molecule has 0 aromatic carbocycles. The van der Waals surface area contributed by atoms with Crippen LogP contribution in [0.3, 0.4) is 0 Å². The Morgan fingerprint density at radius 1 is 1.26 bits per heavy atom. The second-order valence-electron chi connectivity index (χ2n) is 5.35. The zero-order chi connectivity index (χ0) is 13.1. The lowest BCUT2D eigenvalue weighted by Crippen LogP contribution is -2.38. The average Bonchev–Trinajstić information content (AvgIpc) is 3.01. The van der Waals surface area contributed by atoms with Crippen LogP contribution in [0.25, 0.3) is 0 Å². The number of rotatable bonds is 4. The van der Waals surface area contributed by atoms with E-state index >= 15 is 0 Å². The minimum Gasteiger partial charge on any atom is -0.339 e. The third-order valence-corrected chi connectivity index (χ3v) is 3.68. The minimum atomic E-state index is -0.144. The predicted octanol–water partition coefficient (Wildman–Crippen LogP) is 1.87. The van der Waals surface area contributed by atoms with Crippen molar-refractivity contribution in [3.63, 3.8) is 0 Å². The summed E-state index contributed by atoms with van der Waals surface area (Å²) < 4.78 is 5.30. The van der Waals surface area contributed by atoms with E-state index in [0.29, 0.717) is 24.6 Å². The van der Waals surface area contributed by atoms with Crippen molar-refractivity contribution in [1.29, 1.82) is 0 Å². The summed E-state index contributed by atoms with van der Waals surface area (Å²) in [6, 6.07) is 5.80. The van der Waals surface area contributed by atoms with Crippen LogP contribution < -0.4 is 5.73 Å². The van der Waals surface area contributed by atoms with Crippen LogP contribution in [0.5, 0.6) is 0 Å². The molecule has 19 heavy (non-hydrogen) atoms. The lowest BCUT2D eigenvalue weighted by atomic mass is 9.95. The first-order chi connectivity index (χ1) is 9.23. The van der Waals surface area contributed by atoms with E-state index in [1.54, 1.807) is 6.20 Å². The van der Waals surface area contributed by atoms with Crippen molar-refractivity contribution >= 4 is 0 Å². The summed E-state index contributed by atoms with van der Waals surface area (Å²) in [5.41, 5.74) is 7.11. The molecule has 0 atom stereocenters. The first-order valence-electron chi connectivity index (χ1n) is 6.74. The topological polar surface area (TPSA) is 77.8 Å². The largest absolute Gasteiger partial charge is 0.339 e. The molecule has 0 aliphatic heterocycles. The number of nitrogens with two attached hydrogens (primary N) is 1. The SMILES string of the molecule is NC1(Cc2nc(Cc3ccccn3)no2)CCCC1. The lowest BCUT2D eigenvalue weighted by Gasteiger charge is -2.20. The Morgan fingerprint density at radius 3 is 2.84 bits per heavy atom. The maximum Gasteiger partial charge on any atom is 0.228 e. The van der Waals surface area contributed by atoms with E-state index < -0.39 is 0 Å². The Kier molecular flexibility index (Phi) is 3.29. The summed E-state index contributed by atoms with van der Waals surface area (Å²) in [5, 5.41) is 4.00. The van der Waals surface area contributed by atoms with Crippen molar-refractivity contribution in [2.75, 3.05) is 0 Å². The number of hydrogen-bond donors (Lipinski definition) is 1. The summed E-state index contributed by atoms with van der Waals surface area (Å²) >= 11 is 0. The molecule has 5 nitrogen and oxygen atoms in total. The van der Waals surface area contributed by atoms with E-state index in [4.69, 9.17) is 10.3 Å². The molecule has 100 valence electrons. The highest BCUT2D eigenvalue weighted by Crippen LogP contribution is 2.29. The Bertz CT molecular complexity index is 531. The third kappa shape index (κ3) is 2.98. The predicted molar refractivity (Wildman–Crippen MR) is 70.4 cm³/mol. The van der Waals surface area contributed by atoms with Gasteiger partial charge in [0.25, 0.3) is 0 Å². The smallest absolute Gasteiger partial charge is 0.228 e. The number of pyridine rings is 1. The second kappa shape index (κ2) is 5.09. The normalized spacial score (nSPS) is 17.7. The Hall–Kier alpha value is -1.75. The molecule has 2 N–H and O–H groups in total. The van der Waals surface area contributed by atoms with Crippen molar-refractivity contribution in [3.05, 3.63) is 41.8 Å².